The summed E-state index contributed by atoms with van der Waals surface area (Å²) in [5.41, 5.74) is 0.668. The number of nitrogens with zero attached hydrogens (tertiary/aromatic N) is 2. The summed E-state index contributed by atoms with van der Waals surface area (Å²) in [6, 6.07) is 5.31. The van der Waals surface area contributed by atoms with E-state index in [1.54, 1.807) is 18.2 Å². The maximum atomic E-state index is 12.5. The predicted molar refractivity (Wildman–Crippen MR) is 86.9 cm³/mol. The van der Waals surface area contributed by atoms with Gasteiger partial charge < -0.3 is 24.6 Å². The van der Waals surface area contributed by atoms with Crippen LogP contribution in [0.3, 0.4) is 0 Å². The minimum absolute atomic E-state index is 0.0960. The molecule has 1 N–H and O–H groups in total. The smallest absolute Gasteiger partial charge is 0.231 e. The van der Waals surface area contributed by atoms with Crippen molar-refractivity contribution in [1.29, 1.82) is 0 Å². The molecule has 0 spiro atoms. The Bertz CT molecular complexity index is 670. The van der Waals surface area contributed by atoms with Crippen LogP contribution >= 0.6 is 0 Å². The Balaban J connectivity index is 1.33. The average Bonchev–Trinajstić information content (AvgIpc) is 3.25. The first-order valence-corrected chi connectivity index (χ1v) is 8.29. The first-order chi connectivity index (χ1) is 11.6. The van der Waals surface area contributed by atoms with E-state index >= 15 is 0 Å². The number of amides is 2. The summed E-state index contributed by atoms with van der Waals surface area (Å²) in [5.74, 6) is 0.955. The number of likely N-dealkylation sites (N-methyl/N-ethyl adjacent to an activating group) is 1. The largest absolute Gasteiger partial charge is 0.454 e. The van der Waals surface area contributed by atoms with Gasteiger partial charge in [0.1, 0.15) is 0 Å². The highest BCUT2D eigenvalue weighted by molar-refractivity contribution is 5.99. The molecule has 1 aromatic rings. The maximum Gasteiger partial charge on any atom is 0.231 e. The molecule has 128 valence electrons. The lowest BCUT2D eigenvalue weighted by Gasteiger charge is -2.32. The Morgan fingerprint density at radius 1 is 1.08 bits per heavy atom. The molecule has 7 nitrogen and oxygen atoms in total. The van der Waals surface area contributed by atoms with Crippen LogP contribution < -0.4 is 14.8 Å². The summed E-state index contributed by atoms with van der Waals surface area (Å²) in [4.78, 5) is 28.9. The zero-order valence-corrected chi connectivity index (χ0v) is 13.7. The molecule has 2 aliphatic heterocycles. The van der Waals surface area contributed by atoms with Crippen LogP contribution in [0.25, 0.3) is 0 Å². The van der Waals surface area contributed by atoms with E-state index in [1.807, 2.05) is 4.90 Å². The van der Waals surface area contributed by atoms with Gasteiger partial charge in [0.2, 0.25) is 18.6 Å². The van der Waals surface area contributed by atoms with E-state index in [2.05, 4.69) is 17.3 Å². The van der Waals surface area contributed by atoms with Crippen molar-refractivity contribution in [2.75, 3.05) is 45.3 Å². The molecule has 1 saturated heterocycles. The number of anilines is 1. The van der Waals surface area contributed by atoms with Crippen molar-refractivity contribution in [3.8, 4) is 11.5 Å². The van der Waals surface area contributed by atoms with E-state index in [-0.39, 0.29) is 30.4 Å². The lowest BCUT2D eigenvalue weighted by Crippen LogP contribution is -2.48. The Hall–Kier alpha value is -2.28. The van der Waals surface area contributed by atoms with Crippen molar-refractivity contribution in [3.63, 3.8) is 0 Å². The average molecular weight is 331 g/mol. The molecule has 2 unspecified atom stereocenters. The zero-order valence-electron chi connectivity index (χ0n) is 13.7. The van der Waals surface area contributed by atoms with Gasteiger partial charge in [0.25, 0.3) is 0 Å². The first-order valence-electron chi connectivity index (χ1n) is 8.29. The second-order valence-electron chi connectivity index (χ2n) is 6.63. The fourth-order valence-corrected chi connectivity index (χ4v) is 3.23. The Morgan fingerprint density at radius 3 is 2.62 bits per heavy atom. The van der Waals surface area contributed by atoms with E-state index in [9.17, 15) is 9.59 Å². The van der Waals surface area contributed by atoms with Gasteiger partial charge in [-0.1, -0.05) is 0 Å². The Labute approximate surface area is 140 Å². The quantitative estimate of drug-likeness (QED) is 0.886. The van der Waals surface area contributed by atoms with Gasteiger partial charge in [-0.05, 0) is 25.6 Å². The molecule has 2 atom stereocenters. The monoisotopic (exact) mass is 331 g/mol. The van der Waals surface area contributed by atoms with E-state index in [0.29, 0.717) is 23.6 Å². The lowest BCUT2D eigenvalue weighted by atomic mass is 10.2. The number of hydrogen-bond donors (Lipinski definition) is 1. The SMILES string of the molecule is CN1CCN(C(=O)C2CC2C(=O)Nc2ccc3c(c2)OCO3)CC1. The molecule has 2 fully saturated rings. The maximum absolute atomic E-state index is 12.5. The summed E-state index contributed by atoms with van der Waals surface area (Å²) in [7, 11) is 2.06. The van der Waals surface area contributed by atoms with Crippen molar-refractivity contribution in [1.82, 2.24) is 9.80 Å². The van der Waals surface area contributed by atoms with Crippen molar-refractivity contribution in [2.45, 2.75) is 6.42 Å². The van der Waals surface area contributed by atoms with Crippen LogP contribution in [0, 0.1) is 11.8 Å². The second kappa shape index (κ2) is 5.98. The second-order valence-corrected chi connectivity index (χ2v) is 6.63. The van der Waals surface area contributed by atoms with Gasteiger partial charge in [-0.25, -0.2) is 0 Å². The van der Waals surface area contributed by atoms with Crippen LogP contribution in [0.5, 0.6) is 11.5 Å². The van der Waals surface area contributed by atoms with Crippen molar-refractivity contribution < 1.29 is 19.1 Å². The molecule has 0 aromatic heterocycles. The van der Waals surface area contributed by atoms with Crippen molar-refractivity contribution >= 4 is 17.5 Å². The third kappa shape index (κ3) is 2.91. The number of piperazine rings is 1. The topological polar surface area (TPSA) is 71.1 Å². The fraction of sp³-hybridized carbons (Fsp3) is 0.529. The summed E-state index contributed by atoms with van der Waals surface area (Å²) in [6.07, 6.45) is 0.640. The summed E-state index contributed by atoms with van der Waals surface area (Å²) < 4.78 is 10.6. The van der Waals surface area contributed by atoms with Gasteiger partial charge in [0.15, 0.2) is 11.5 Å². The summed E-state index contributed by atoms with van der Waals surface area (Å²) in [5, 5.41) is 2.87. The third-order valence-corrected chi connectivity index (χ3v) is 4.90. The molecule has 0 radical (unpaired) electrons. The minimum atomic E-state index is -0.220. The molecule has 1 aromatic carbocycles. The normalized spacial score (nSPS) is 25.5. The standard InChI is InChI=1S/C17H21N3O4/c1-19-4-6-20(7-5-19)17(22)13-9-12(13)16(21)18-11-2-3-14-15(8-11)24-10-23-14/h2-3,8,12-13H,4-7,9-10H2,1H3,(H,18,21). The number of carbonyl (C=O) groups excluding carboxylic acids is 2. The molecule has 1 aliphatic carbocycles. The number of benzene rings is 1. The molecule has 0 bridgehead atoms. The molecule has 3 aliphatic rings. The lowest BCUT2D eigenvalue weighted by molar-refractivity contribution is -0.135. The third-order valence-electron chi connectivity index (χ3n) is 4.90. The highest BCUT2D eigenvalue weighted by atomic mass is 16.7. The van der Waals surface area contributed by atoms with E-state index < -0.39 is 0 Å². The van der Waals surface area contributed by atoms with Crippen LogP contribution in [0.1, 0.15) is 6.42 Å². The van der Waals surface area contributed by atoms with Crippen LogP contribution in [-0.2, 0) is 9.59 Å². The van der Waals surface area contributed by atoms with Gasteiger partial charge in [-0.3, -0.25) is 9.59 Å². The highest BCUT2D eigenvalue weighted by Gasteiger charge is 2.49. The summed E-state index contributed by atoms with van der Waals surface area (Å²) >= 11 is 0. The van der Waals surface area contributed by atoms with Crippen LogP contribution in [-0.4, -0.2) is 61.6 Å². The molecule has 2 amide bonds. The van der Waals surface area contributed by atoms with E-state index in [1.165, 1.54) is 0 Å². The van der Waals surface area contributed by atoms with Crippen LogP contribution in [0.15, 0.2) is 18.2 Å². The number of nitrogens with one attached hydrogen (secondary N) is 1. The predicted octanol–water partition coefficient (Wildman–Crippen LogP) is 0.764. The minimum Gasteiger partial charge on any atom is -0.454 e. The molecule has 4 rings (SSSR count). The number of ether oxygens (including phenoxy) is 2. The van der Waals surface area contributed by atoms with Gasteiger partial charge in [0.05, 0.1) is 11.8 Å². The van der Waals surface area contributed by atoms with Crippen LogP contribution in [0.4, 0.5) is 5.69 Å². The number of hydrogen-bond acceptors (Lipinski definition) is 5. The van der Waals surface area contributed by atoms with Gasteiger partial charge in [-0.15, -0.1) is 0 Å². The molecule has 1 saturated carbocycles. The van der Waals surface area contributed by atoms with E-state index in [0.717, 1.165) is 26.2 Å². The zero-order chi connectivity index (χ0) is 16.7. The number of carbonyl (C=O) groups is 2. The summed E-state index contributed by atoms with van der Waals surface area (Å²) in [6.45, 7) is 3.50. The Morgan fingerprint density at radius 2 is 1.83 bits per heavy atom. The highest BCUT2D eigenvalue weighted by Crippen LogP contribution is 2.41. The Kier molecular flexibility index (Phi) is 3.80. The first kappa shape index (κ1) is 15.3. The number of rotatable bonds is 3. The van der Waals surface area contributed by atoms with Gasteiger partial charge in [0, 0.05) is 37.9 Å². The number of fused-ring (bicyclic) bond motifs is 1. The molecule has 24 heavy (non-hydrogen) atoms. The fourth-order valence-electron chi connectivity index (χ4n) is 3.23. The van der Waals surface area contributed by atoms with Gasteiger partial charge >= 0.3 is 0 Å². The molecule has 7 heteroatoms. The van der Waals surface area contributed by atoms with Crippen molar-refractivity contribution in [2.24, 2.45) is 11.8 Å². The van der Waals surface area contributed by atoms with Crippen LogP contribution in [0.2, 0.25) is 0 Å². The molecular formula is C17H21N3O4. The molecular weight excluding hydrogens is 310 g/mol. The van der Waals surface area contributed by atoms with E-state index in [4.69, 9.17) is 9.47 Å². The van der Waals surface area contributed by atoms with Crippen molar-refractivity contribution in [3.05, 3.63) is 18.2 Å². The molecule has 2 heterocycles. The van der Waals surface area contributed by atoms with Gasteiger partial charge in [-0.2, -0.15) is 0 Å².